The molecule has 0 bridgehead atoms. The molecule has 1 atom stereocenters. The van der Waals surface area contributed by atoms with Crippen molar-refractivity contribution in [2.24, 2.45) is 5.92 Å². The summed E-state index contributed by atoms with van der Waals surface area (Å²) >= 11 is 0. The first-order valence-corrected chi connectivity index (χ1v) is 10.5. The number of likely N-dealkylation sites (tertiary alicyclic amines) is 1. The molecule has 1 aromatic heterocycles. The summed E-state index contributed by atoms with van der Waals surface area (Å²) in [6, 6.07) is 16.3. The molecular formula is C24H28N4O2. The quantitative estimate of drug-likeness (QED) is 0.615. The molecule has 156 valence electrons. The van der Waals surface area contributed by atoms with E-state index in [-0.39, 0.29) is 17.7 Å². The van der Waals surface area contributed by atoms with E-state index in [9.17, 15) is 9.59 Å². The van der Waals surface area contributed by atoms with Crippen molar-refractivity contribution in [2.45, 2.75) is 39.8 Å². The highest BCUT2D eigenvalue weighted by molar-refractivity contribution is 5.89. The van der Waals surface area contributed by atoms with Crippen molar-refractivity contribution < 1.29 is 9.59 Å². The van der Waals surface area contributed by atoms with E-state index in [1.165, 1.54) is 5.56 Å². The van der Waals surface area contributed by atoms with Gasteiger partial charge in [-0.05, 0) is 38.0 Å². The number of hydrogen-bond acceptors (Lipinski definition) is 3. The normalized spacial score (nSPS) is 16.4. The molecule has 1 fully saturated rings. The number of carbonyl (C=O) groups excluding carboxylic acids is 2. The monoisotopic (exact) mass is 404 g/mol. The summed E-state index contributed by atoms with van der Waals surface area (Å²) in [5, 5.41) is 3.02. The average Bonchev–Trinajstić information content (AvgIpc) is 3.26. The van der Waals surface area contributed by atoms with Gasteiger partial charge < -0.3 is 14.8 Å². The minimum atomic E-state index is -0.265. The number of aryl methyl sites for hydroxylation is 3. The number of fused-ring (bicyclic) bond motifs is 1. The lowest BCUT2D eigenvalue weighted by molar-refractivity contribution is -0.129. The average molecular weight is 405 g/mol. The molecule has 1 aliphatic heterocycles. The second-order valence-corrected chi connectivity index (χ2v) is 8.10. The molecule has 30 heavy (non-hydrogen) atoms. The molecular weight excluding hydrogens is 376 g/mol. The molecule has 0 aliphatic carbocycles. The Morgan fingerprint density at radius 3 is 2.70 bits per heavy atom. The molecule has 2 heterocycles. The van der Waals surface area contributed by atoms with Crippen LogP contribution in [0.4, 0.5) is 0 Å². The number of imidazole rings is 1. The number of nitrogens with one attached hydrogen (secondary N) is 1. The second kappa shape index (κ2) is 8.69. The van der Waals surface area contributed by atoms with Crippen LogP contribution < -0.4 is 5.32 Å². The molecule has 0 radical (unpaired) electrons. The van der Waals surface area contributed by atoms with E-state index in [1.54, 1.807) is 4.90 Å². The van der Waals surface area contributed by atoms with Crippen molar-refractivity contribution in [3.63, 3.8) is 0 Å². The molecule has 1 aliphatic rings. The van der Waals surface area contributed by atoms with Crippen LogP contribution in [0.1, 0.15) is 29.8 Å². The maximum absolute atomic E-state index is 12.6. The molecule has 6 nitrogen and oxygen atoms in total. The third kappa shape index (κ3) is 4.37. The lowest BCUT2D eigenvalue weighted by Gasteiger charge is -2.17. The maximum atomic E-state index is 12.6. The van der Waals surface area contributed by atoms with Crippen molar-refractivity contribution in [3.05, 3.63) is 65.5 Å². The number of nitrogens with zero attached hydrogens (tertiary/aromatic N) is 3. The van der Waals surface area contributed by atoms with Crippen LogP contribution in [0.15, 0.2) is 48.5 Å². The molecule has 6 heteroatoms. The van der Waals surface area contributed by atoms with Gasteiger partial charge >= 0.3 is 0 Å². The van der Waals surface area contributed by atoms with E-state index >= 15 is 0 Å². The molecule has 0 spiro atoms. The Bertz CT molecular complexity index is 1050. The SMILES string of the molecule is Cc1ccc(CN2CC(C(=O)NCCCn3c(C)nc4ccccc43)CC2=O)cc1. The summed E-state index contributed by atoms with van der Waals surface area (Å²) in [6.45, 7) is 6.50. The lowest BCUT2D eigenvalue weighted by atomic mass is 10.1. The minimum Gasteiger partial charge on any atom is -0.356 e. The van der Waals surface area contributed by atoms with Gasteiger partial charge in [0, 0.05) is 32.6 Å². The standard InChI is InChI=1S/C24H28N4O2/c1-17-8-10-19(11-9-17)15-27-16-20(14-23(27)29)24(30)25-12-5-13-28-18(2)26-21-6-3-4-7-22(21)28/h3-4,6-11,20H,5,12-16H2,1-2H3,(H,25,30). The van der Waals surface area contributed by atoms with Crippen LogP contribution >= 0.6 is 0 Å². The smallest absolute Gasteiger partial charge is 0.225 e. The van der Waals surface area contributed by atoms with Crippen molar-refractivity contribution in [2.75, 3.05) is 13.1 Å². The molecule has 0 saturated carbocycles. The predicted molar refractivity (Wildman–Crippen MR) is 117 cm³/mol. The Hall–Kier alpha value is -3.15. The van der Waals surface area contributed by atoms with Crippen LogP contribution in [0.25, 0.3) is 11.0 Å². The van der Waals surface area contributed by atoms with Gasteiger partial charge in [-0.1, -0.05) is 42.0 Å². The van der Waals surface area contributed by atoms with Crippen LogP contribution in [-0.4, -0.2) is 39.4 Å². The number of carbonyl (C=O) groups is 2. The zero-order valence-corrected chi connectivity index (χ0v) is 17.6. The number of aromatic nitrogens is 2. The zero-order valence-electron chi connectivity index (χ0n) is 17.6. The van der Waals surface area contributed by atoms with E-state index in [0.29, 0.717) is 26.1 Å². The van der Waals surface area contributed by atoms with Crippen LogP contribution in [0.5, 0.6) is 0 Å². The first-order valence-electron chi connectivity index (χ1n) is 10.5. The minimum absolute atomic E-state index is 0.0260. The fourth-order valence-corrected chi connectivity index (χ4v) is 4.09. The van der Waals surface area contributed by atoms with Gasteiger partial charge in [-0.3, -0.25) is 9.59 Å². The molecule has 2 aromatic carbocycles. The molecule has 4 rings (SSSR count). The van der Waals surface area contributed by atoms with E-state index in [4.69, 9.17) is 0 Å². The number of amides is 2. The first kappa shape index (κ1) is 20.1. The Labute approximate surface area is 176 Å². The van der Waals surface area contributed by atoms with E-state index in [1.807, 2.05) is 56.3 Å². The number of hydrogen-bond donors (Lipinski definition) is 1. The van der Waals surface area contributed by atoms with Crippen molar-refractivity contribution >= 4 is 22.8 Å². The zero-order chi connectivity index (χ0) is 21.1. The van der Waals surface area contributed by atoms with Crippen LogP contribution in [0, 0.1) is 19.8 Å². The lowest BCUT2D eigenvalue weighted by Crippen LogP contribution is -2.33. The van der Waals surface area contributed by atoms with Crippen molar-refractivity contribution in [1.29, 1.82) is 0 Å². The Morgan fingerprint density at radius 1 is 1.13 bits per heavy atom. The van der Waals surface area contributed by atoms with Gasteiger partial charge in [-0.15, -0.1) is 0 Å². The maximum Gasteiger partial charge on any atom is 0.225 e. The van der Waals surface area contributed by atoms with Gasteiger partial charge in [0.2, 0.25) is 11.8 Å². The van der Waals surface area contributed by atoms with Gasteiger partial charge in [0.15, 0.2) is 0 Å². The molecule has 2 amide bonds. The van der Waals surface area contributed by atoms with Crippen molar-refractivity contribution in [3.8, 4) is 0 Å². The predicted octanol–water partition coefficient (Wildman–Crippen LogP) is 3.21. The molecule has 3 aromatic rings. The van der Waals surface area contributed by atoms with Gasteiger partial charge in [0.1, 0.15) is 5.82 Å². The number of para-hydroxylation sites is 2. The summed E-state index contributed by atoms with van der Waals surface area (Å²) in [6.07, 6.45) is 1.11. The van der Waals surface area contributed by atoms with Crippen LogP contribution in [0.3, 0.4) is 0 Å². The summed E-state index contributed by atoms with van der Waals surface area (Å²) in [4.78, 5) is 31.3. The van der Waals surface area contributed by atoms with E-state index in [2.05, 4.69) is 20.9 Å². The van der Waals surface area contributed by atoms with E-state index < -0.39 is 0 Å². The molecule has 1 saturated heterocycles. The third-order valence-electron chi connectivity index (χ3n) is 5.78. The topological polar surface area (TPSA) is 67.2 Å². The highest BCUT2D eigenvalue weighted by Crippen LogP contribution is 2.21. The van der Waals surface area contributed by atoms with Gasteiger partial charge in [0.25, 0.3) is 0 Å². The molecule has 1 unspecified atom stereocenters. The Kier molecular flexibility index (Phi) is 5.84. The van der Waals surface area contributed by atoms with Gasteiger partial charge in [-0.2, -0.15) is 0 Å². The highest BCUT2D eigenvalue weighted by Gasteiger charge is 2.33. The fourth-order valence-electron chi connectivity index (χ4n) is 4.09. The fraction of sp³-hybridized carbons (Fsp3) is 0.375. The number of benzene rings is 2. The van der Waals surface area contributed by atoms with E-state index in [0.717, 1.165) is 35.4 Å². The van der Waals surface area contributed by atoms with Gasteiger partial charge in [-0.25, -0.2) is 4.98 Å². The third-order valence-corrected chi connectivity index (χ3v) is 5.78. The molecule has 1 N–H and O–H groups in total. The van der Waals surface area contributed by atoms with Crippen LogP contribution in [0.2, 0.25) is 0 Å². The van der Waals surface area contributed by atoms with Crippen molar-refractivity contribution in [1.82, 2.24) is 19.8 Å². The Morgan fingerprint density at radius 2 is 1.90 bits per heavy atom. The Balaban J connectivity index is 1.25. The number of rotatable bonds is 7. The summed E-state index contributed by atoms with van der Waals surface area (Å²) in [7, 11) is 0. The largest absolute Gasteiger partial charge is 0.356 e. The summed E-state index contributed by atoms with van der Waals surface area (Å²) in [5.74, 6) is 0.743. The summed E-state index contributed by atoms with van der Waals surface area (Å²) in [5.41, 5.74) is 4.41. The second-order valence-electron chi connectivity index (χ2n) is 8.10. The van der Waals surface area contributed by atoms with Crippen LogP contribution in [-0.2, 0) is 22.7 Å². The highest BCUT2D eigenvalue weighted by atomic mass is 16.2. The summed E-state index contributed by atoms with van der Waals surface area (Å²) < 4.78 is 2.18. The first-order chi connectivity index (χ1) is 14.5. The van der Waals surface area contributed by atoms with Gasteiger partial charge in [0.05, 0.1) is 17.0 Å².